The van der Waals surface area contributed by atoms with Gasteiger partial charge in [0.15, 0.2) is 5.76 Å². The number of nitrogens with one attached hydrogen (secondary N) is 1. The molecule has 2 aromatic heterocycles. The topological polar surface area (TPSA) is 77.8 Å². The number of carbonyl (C=O) groups excluding carboxylic acids is 2. The average Bonchev–Trinajstić information content (AvgIpc) is 3.37. The Bertz CT molecular complexity index is 1280. The highest BCUT2D eigenvalue weighted by Crippen LogP contribution is 2.37. The Balaban J connectivity index is 1.45. The van der Waals surface area contributed by atoms with Crippen molar-refractivity contribution in [1.82, 2.24) is 0 Å². The fraction of sp³-hybridized carbons (Fsp3) is 0.0909. The molecule has 158 valence electrons. The maximum absolute atomic E-state index is 12.6. The summed E-state index contributed by atoms with van der Waals surface area (Å²) in [7, 11) is 1.30. The summed E-state index contributed by atoms with van der Waals surface area (Å²) in [5, 5.41) is 4.31. The molecule has 0 aliphatic rings. The Morgan fingerprint density at radius 3 is 2.68 bits per heavy atom. The van der Waals surface area contributed by atoms with Crippen LogP contribution in [0.5, 0.6) is 5.75 Å². The zero-order valence-corrected chi connectivity index (χ0v) is 18.4. The zero-order chi connectivity index (χ0) is 22.0. The molecule has 31 heavy (non-hydrogen) atoms. The summed E-state index contributed by atoms with van der Waals surface area (Å²) in [5.74, 6) is 0.226. The number of amides is 1. The molecular formula is C22H15Cl2NO5S. The second kappa shape index (κ2) is 9.01. The number of rotatable bonds is 6. The van der Waals surface area contributed by atoms with E-state index in [1.807, 2.05) is 12.1 Å². The summed E-state index contributed by atoms with van der Waals surface area (Å²) in [4.78, 5) is 24.7. The van der Waals surface area contributed by atoms with Crippen molar-refractivity contribution in [1.29, 1.82) is 0 Å². The molecule has 0 atom stereocenters. The van der Waals surface area contributed by atoms with Crippen LogP contribution in [0.15, 0.2) is 59.0 Å². The zero-order valence-electron chi connectivity index (χ0n) is 16.1. The van der Waals surface area contributed by atoms with Crippen molar-refractivity contribution >= 4 is 62.2 Å². The van der Waals surface area contributed by atoms with E-state index in [0.717, 1.165) is 4.70 Å². The second-order valence-electron chi connectivity index (χ2n) is 6.39. The molecule has 2 aromatic carbocycles. The lowest BCUT2D eigenvalue weighted by molar-refractivity contribution is 0.0606. The Kier molecular flexibility index (Phi) is 6.18. The monoisotopic (exact) mass is 475 g/mol. The van der Waals surface area contributed by atoms with E-state index in [4.69, 9.17) is 37.1 Å². The van der Waals surface area contributed by atoms with Gasteiger partial charge in [0.05, 0.1) is 17.2 Å². The Labute approximate surface area is 191 Å². The summed E-state index contributed by atoms with van der Waals surface area (Å²) in [6, 6.07) is 15.5. The third kappa shape index (κ3) is 4.54. The molecule has 1 amide bonds. The normalized spacial score (nSPS) is 10.8. The molecular weight excluding hydrogens is 461 g/mol. The SMILES string of the molecule is COC(=O)c1sc2cc(NC(=O)c3ccc(COc4ccccc4Cl)o3)ccc2c1Cl. The van der Waals surface area contributed by atoms with Crippen LogP contribution in [-0.2, 0) is 11.3 Å². The first-order valence-corrected chi connectivity index (χ1v) is 10.6. The first-order valence-electron chi connectivity index (χ1n) is 9.04. The van der Waals surface area contributed by atoms with Gasteiger partial charge in [0.1, 0.15) is 23.0 Å². The van der Waals surface area contributed by atoms with Gasteiger partial charge in [-0.05, 0) is 42.5 Å². The van der Waals surface area contributed by atoms with Crippen LogP contribution >= 0.6 is 34.5 Å². The van der Waals surface area contributed by atoms with Gasteiger partial charge in [-0.25, -0.2) is 4.79 Å². The van der Waals surface area contributed by atoms with E-state index >= 15 is 0 Å². The summed E-state index contributed by atoms with van der Waals surface area (Å²) in [6.45, 7) is 0.132. The third-order valence-corrected chi connectivity index (χ3v) is 6.30. The lowest BCUT2D eigenvalue weighted by atomic mass is 10.2. The number of benzene rings is 2. The standard InChI is InChI=1S/C22H15Cl2NO5S/c1-28-22(27)20-19(24)14-8-6-12(10-18(14)31-20)25-21(26)17-9-7-13(30-17)11-29-16-5-3-2-4-15(16)23/h2-10H,11H2,1H3,(H,25,26). The first-order chi connectivity index (χ1) is 15.0. The number of fused-ring (bicyclic) bond motifs is 1. The van der Waals surface area contributed by atoms with E-state index in [-0.39, 0.29) is 12.4 Å². The second-order valence-corrected chi connectivity index (χ2v) is 8.22. The minimum atomic E-state index is -0.501. The smallest absolute Gasteiger partial charge is 0.349 e. The van der Waals surface area contributed by atoms with Crippen molar-refractivity contribution < 1.29 is 23.5 Å². The van der Waals surface area contributed by atoms with Crippen molar-refractivity contribution in [3.63, 3.8) is 0 Å². The number of hydrogen-bond donors (Lipinski definition) is 1. The van der Waals surface area contributed by atoms with Crippen molar-refractivity contribution in [2.24, 2.45) is 0 Å². The first kappa shape index (κ1) is 21.2. The molecule has 6 nitrogen and oxygen atoms in total. The van der Waals surface area contributed by atoms with E-state index < -0.39 is 11.9 Å². The van der Waals surface area contributed by atoms with E-state index in [1.54, 1.807) is 42.5 Å². The number of hydrogen-bond acceptors (Lipinski definition) is 6. The lowest BCUT2D eigenvalue weighted by Crippen LogP contribution is -2.10. The number of esters is 1. The molecule has 4 rings (SSSR count). The van der Waals surface area contributed by atoms with E-state index in [9.17, 15) is 9.59 Å². The largest absolute Gasteiger partial charge is 0.484 e. The number of carbonyl (C=O) groups is 2. The highest BCUT2D eigenvalue weighted by Gasteiger charge is 2.18. The van der Waals surface area contributed by atoms with Crippen molar-refractivity contribution in [2.45, 2.75) is 6.61 Å². The molecule has 0 radical (unpaired) electrons. The van der Waals surface area contributed by atoms with Gasteiger partial charge in [-0.2, -0.15) is 0 Å². The van der Waals surface area contributed by atoms with Crippen LogP contribution in [0.2, 0.25) is 10.0 Å². The minimum Gasteiger partial charge on any atom is -0.484 e. The highest BCUT2D eigenvalue weighted by atomic mass is 35.5. The number of thiophene rings is 1. The maximum Gasteiger partial charge on any atom is 0.349 e. The van der Waals surface area contributed by atoms with Crippen molar-refractivity contribution in [2.75, 3.05) is 12.4 Å². The molecule has 0 fully saturated rings. The van der Waals surface area contributed by atoms with Crippen LogP contribution in [-0.4, -0.2) is 19.0 Å². The summed E-state index contributed by atoms with van der Waals surface area (Å²) >= 11 is 13.5. The van der Waals surface area contributed by atoms with Gasteiger partial charge in [-0.1, -0.05) is 35.3 Å². The number of anilines is 1. The van der Waals surface area contributed by atoms with Gasteiger partial charge in [0.25, 0.3) is 5.91 Å². The fourth-order valence-electron chi connectivity index (χ4n) is 2.85. The fourth-order valence-corrected chi connectivity index (χ4v) is 4.50. The summed E-state index contributed by atoms with van der Waals surface area (Å²) < 4.78 is 16.7. The third-order valence-electron chi connectivity index (χ3n) is 4.35. The van der Waals surface area contributed by atoms with Gasteiger partial charge in [-0.15, -0.1) is 11.3 Å². The minimum absolute atomic E-state index is 0.132. The van der Waals surface area contributed by atoms with E-state index in [0.29, 0.717) is 37.5 Å². The molecule has 4 aromatic rings. The quantitative estimate of drug-likeness (QED) is 0.325. The van der Waals surface area contributed by atoms with Gasteiger partial charge >= 0.3 is 5.97 Å². The summed E-state index contributed by atoms with van der Waals surface area (Å²) in [5.41, 5.74) is 0.539. The Morgan fingerprint density at radius 2 is 1.90 bits per heavy atom. The Morgan fingerprint density at radius 1 is 1.10 bits per heavy atom. The van der Waals surface area contributed by atoms with E-state index in [2.05, 4.69) is 5.32 Å². The molecule has 0 aliphatic carbocycles. The summed E-state index contributed by atoms with van der Waals surface area (Å²) in [6.07, 6.45) is 0. The molecule has 0 saturated carbocycles. The molecule has 0 aliphatic heterocycles. The van der Waals surface area contributed by atoms with Crippen molar-refractivity contribution in [3.8, 4) is 5.75 Å². The molecule has 0 saturated heterocycles. The van der Waals surface area contributed by atoms with Crippen LogP contribution in [0, 0.1) is 0 Å². The molecule has 9 heteroatoms. The lowest BCUT2D eigenvalue weighted by Gasteiger charge is -2.06. The number of para-hydroxylation sites is 1. The van der Waals surface area contributed by atoms with Crippen LogP contribution in [0.1, 0.15) is 26.0 Å². The molecule has 1 N–H and O–H groups in total. The van der Waals surface area contributed by atoms with Crippen LogP contribution in [0.4, 0.5) is 5.69 Å². The van der Waals surface area contributed by atoms with Gasteiger partial charge < -0.3 is 19.2 Å². The Hall–Kier alpha value is -3.00. The van der Waals surface area contributed by atoms with Gasteiger partial charge in [-0.3, -0.25) is 4.79 Å². The predicted molar refractivity (Wildman–Crippen MR) is 121 cm³/mol. The highest BCUT2D eigenvalue weighted by molar-refractivity contribution is 7.21. The molecule has 0 spiro atoms. The van der Waals surface area contributed by atoms with Gasteiger partial charge in [0, 0.05) is 15.8 Å². The average molecular weight is 476 g/mol. The number of ether oxygens (including phenoxy) is 2. The van der Waals surface area contributed by atoms with Crippen LogP contribution in [0.25, 0.3) is 10.1 Å². The predicted octanol–water partition coefficient (Wildman–Crippen LogP) is 6.42. The van der Waals surface area contributed by atoms with Crippen molar-refractivity contribution in [3.05, 3.63) is 81.0 Å². The maximum atomic E-state index is 12.6. The number of halogens is 2. The molecule has 0 bridgehead atoms. The number of methoxy groups -OCH3 is 1. The molecule has 2 heterocycles. The van der Waals surface area contributed by atoms with Crippen LogP contribution < -0.4 is 10.1 Å². The molecule has 0 unspecified atom stereocenters. The van der Waals surface area contributed by atoms with Crippen LogP contribution in [0.3, 0.4) is 0 Å². The van der Waals surface area contributed by atoms with E-state index in [1.165, 1.54) is 18.4 Å². The van der Waals surface area contributed by atoms with Gasteiger partial charge in [0.2, 0.25) is 0 Å². The number of furan rings is 1.